The van der Waals surface area contributed by atoms with Crippen molar-refractivity contribution in [3.05, 3.63) is 46.1 Å². The number of aliphatic hydroxyl groups excluding tert-OH is 11. The normalized spacial score (nSPS) is 36.8. The number of phenols is 2. The first-order valence-corrected chi connectivity index (χ1v) is 16.9. The maximum Gasteiger partial charge on any atom is 0.229 e. The van der Waals surface area contributed by atoms with Gasteiger partial charge in [-0.15, -0.1) is 0 Å². The maximum atomic E-state index is 14.6. The molecule has 3 saturated heterocycles. The van der Waals surface area contributed by atoms with Gasteiger partial charge in [-0.3, -0.25) is 4.79 Å². The van der Waals surface area contributed by atoms with Crippen LogP contribution in [0.2, 0.25) is 0 Å². The van der Waals surface area contributed by atoms with Crippen molar-refractivity contribution in [2.24, 2.45) is 0 Å². The maximum absolute atomic E-state index is 14.6. The summed E-state index contributed by atoms with van der Waals surface area (Å²) in [6, 6.07) is 5.69. The van der Waals surface area contributed by atoms with Gasteiger partial charge >= 0.3 is 0 Å². The van der Waals surface area contributed by atoms with Gasteiger partial charge in [0.05, 0.1) is 32.5 Å². The van der Waals surface area contributed by atoms with Crippen LogP contribution in [-0.4, -0.2) is 179 Å². The molecular weight excluding hydrogens is 744 g/mol. The number of rotatable bonds is 10. The number of fused-ring (bicyclic) bond motifs is 1. The lowest BCUT2D eigenvalue weighted by atomic mass is 9.88. The van der Waals surface area contributed by atoms with Crippen LogP contribution in [0, 0.1) is 0 Å². The lowest BCUT2D eigenvalue weighted by molar-refractivity contribution is -0.342. The summed E-state index contributed by atoms with van der Waals surface area (Å²) >= 11 is 0. The van der Waals surface area contributed by atoms with Crippen LogP contribution in [0.5, 0.6) is 23.0 Å². The number of benzene rings is 2. The molecule has 0 bridgehead atoms. The highest BCUT2D eigenvalue weighted by Crippen LogP contribution is 2.43. The molecule has 3 fully saturated rings. The molecule has 15 atom stereocenters. The van der Waals surface area contributed by atoms with Gasteiger partial charge in [-0.25, -0.2) is 0 Å². The van der Waals surface area contributed by atoms with Crippen molar-refractivity contribution in [2.45, 2.75) is 91.9 Å². The van der Waals surface area contributed by atoms with Crippen LogP contribution in [0.15, 0.2) is 39.5 Å². The highest BCUT2D eigenvalue weighted by Gasteiger charge is 2.52. The average molecular weight is 787 g/mol. The van der Waals surface area contributed by atoms with E-state index in [0.717, 1.165) is 12.1 Å². The lowest BCUT2D eigenvalue weighted by Crippen LogP contribution is -2.63. The zero-order valence-electron chi connectivity index (χ0n) is 28.7. The first-order chi connectivity index (χ1) is 26.1. The molecule has 0 aliphatic carbocycles. The second-order valence-electron chi connectivity index (χ2n) is 13.2. The third kappa shape index (κ3) is 7.46. The molecule has 1 aromatic heterocycles. The Labute approximate surface area is 309 Å². The molecule has 0 amide bonds. The molecule has 3 aliphatic rings. The molecule has 0 unspecified atom stereocenters. The summed E-state index contributed by atoms with van der Waals surface area (Å²) in [5.74, 6) is -1.95. The quantitative estimate of drug-likeness (QED) is 0.0919. The van der Waals surface area contributed by atoms with Gasteiger partial charge in [-0.1, -0.05) is 0 Å². The minimum absolute atomic E-state index is 0.000236. The summed E-state index contributed by atoms with van der Waals surface area (Å²) in [4.78, 5) is 14.6. The first-order valence-electron chi connectivity index (χ1n) is 16.9. The number of aliphatic hydroxyl groups is 11. The van der Waals surface area contributed by atoms with Gasteiger partial charge in [0.1, 0.15) is 108 Å². The molecule has 13 N–H and O–H groups in total. The second kappa shape index (κ2) is 16.4. The van der Waals surface area contributed by atoms with Crippen molar-refractivity contribution in [1.29, 1.82) is 0 Å². The molecule has 0 saturated carbocycles. The summed E-state index contributed by atoms with van der Waals surface area (Å²) in [6.07, 6.45) is -26.9. The lowest BCUT2D eigenvalue weighted by Gasteiger charge is -2.46. The van der Waals surface area contributed by atoms with E-state index in [1.807, 2.05) is 0 Å². The van der Waals surface area contributed by atoms with Gasteiger partial charge in [0.15, 0.2) is 17.8 Å². The van der Waals surface area contributed by atoms with E-state index < -0.39 is 145 Å². The summed E-state index contributed by atoms with van der Waals surface area (Å²) in [6.45, 7) is -2.53. The van der Waals surface area contributed by atoms with E-state index in [9.17, 15) is 71.2 Å². The zero-order valence-corrected chi connectivity index (χ0v) is 28.7. The van der Waals surface area contributed by atoms with Crippen molar-refractivity contribution in [3.8, 4) is 34.3 Å². The molecule has 4 heterocycles. The largest absolute Gasteiger partial charge is 0.507 e. The molecule has 55 heavy (non-hydrogen) atoms. The van der Waals surface area contributed by atoms with Gasteiger partial charge in [-0.05, 0) is 18.2 Å². The van der Waals surface area contributed by atoms with Crippen molar-refractivity contribution in [1.82, 2.24) is 0 Å². The van der Waals surface area contributed by atoms with Crippen LogP contribution in [0.25, 0.3) is 22.3 Å². The Morgan fingerprint density at radius 2 is 1.22 bits per heavy atom. The van der Waals surface area contributed by atoms with Crippen molar-refractivity contribution < 1.29 is 99.2 Å². The molecule has 3 aromatic rings. The zero-order chi connectivity index (χ0) is 40.0. The smallest absolute Gasteiger partial charge is 0.229 e. The summed E-state index contributed by atoms with van der Waals surface area (Å²) in [7, 11) is 1.23. The standard InChI is InChI=1S/C34H42O21/c1-49-14-4-10(2-3-12(14)38)30-20(31-32(27(46)23(42)16(7-35)52-31)55-34-29(48)26(45)22(41)18(9-37)54-34)24(43)19-13(39)5-11(6-15(19)51-30)50-33-28(47)25(44)21(40)17(8-36)53-33/h2-6,16-18,21-23,25-29,31-42,44-48H,7-9H2,1H3/t16-,17+,18+,21+,22+,23+,25-,26-,27+,28+,29+,31+,32-,33+,34-/m0/s1. The van der Waals surface area contributed by atoms with E-state index in [1.54, 1.807) is 0 Å². The van der Waals surface area contributed by atoms with E-state index in [-0.39, 0.29) is 22.8 Å². The Bertz CT molecular complexity index is 1870. The molecule has 3 aliphatic heterocycles. The third-order valence-corrected chi connectivity index (χ3v) is 9.82. The average Bonchev–Trinajstić information content (AvgIpc) is 3.17. The Morgan fingerprint density at radius 1 is 0.655 bits per heavy atom. The van der Waals surface area contributed by atoms with Gasteiger partial charge in [-0.2, -0.15) is 0 Å². The van der Waals surface area contributed by atoms with Crippen LogP contribution >= 0.6 is 0 Å². The number of aromatic hydroxyl groups is 2. The Hall–Kier alpha value is -3.75. The molecular formula is C34H42O21. The number of hydrogen-bond acceptors (Lipinski definition) is 21. The third-order valence-electron chi connectivity index (χ3n) is 9.82. The monoisotopic (exact) mass is 786 g/mol. The number of ether oxygens (including phenoxy) is 6. The molecule has 21 nitrogen and oxygen atoms in total. The Morgan fingerprint density at radius 3 is 1.82 bits per heavy atom. The molecule has 0 spiro atoms. The number of phenolic OH excluding ortho intramolecular Hbond substituents is 2. The van der Waals surface area contributed by atoms with Crippen LogP contribution in [0.1, 0.15) is 11.7 Å². The van der Waals surface area contributed by atoms with Crippen molar-refractivity contribution in [3.63, 3.8) is 0 Å². The van der Waals surface area contributed by atoms with E-state index in [4.69, 9.17) is 32.8 Å². The highest BCUT2D eigenvalue weighted by molar-refractivity contribution is 5.87. The van der Waals surface area contributed by atoms with Crippen LogP contribution in [0.4, 0.5) is 0 Å². The molecule has 304 valence electrons. The van der Waals surface area contributed by atoms with E-state index in [1.165, 1.54) is 25.3 Å². The van der Waals surface area contributed by atoms with E-state index >= 15 is 0 Å². The van der Waals surface area contributed by atoms with E-state index in [2.05, 4.69) is 0 Å². The first kappa shape index (κ1) is 40.9. The fraction of sp³-hybridized carbons (Fsp3) is 0.559. The topological polar surface area (TPSA) is 349 Å². The highest BCUT2D eigenvalue weighted by atomic mass is 16.7. The van der Waals surface area contributed by atoms with E-state index in [0.29, 0.717) is 0 Å². The number of methoxy groups -OCH3 is 1. The van der Waals surface area contributed by atoms with Gasteiger partial charge in [0.25, 0.3) is 0 Å². The van der Waals surface area contributed by atoms with Crippen LogP contribution < -0.4 is 14.9 Å². The minimum Gasteiger partial charge on any atom is -0.507 e. The van der Waals surface area contributed by atoms with Crippen LogP contribution in [0.3, 0.4) is 0 Å². The van der Waals surface area contributed by atoms with Crippen molar-refractivity contribution in [2.75, 3.05) is 26.9 Å². The summed E-state index contributed by atoms with van der Waals surface area (Å²) in [5.41, 5.74) is -1.98. The fourth-order valence-corrected chi connectivity index (χ4v) is 6.76. The second-order valence-corrected chi connectivity index (χ2v) is 13.2. The fourth-order valence-electron chi connectivity index (χ4n) is 6.76. The molecule has 6 rings (SSSR count). The van der Waals surface area contributed by atoms with Gasteiger partial charge < -0.3 is 99.2 Å². The Kier molecular flexibility index (Phi) is 12.2. The minimum atomic E-state index is -2.04. The van der Waals surface area contributed by atoms with Gasteiger partial charge in [0, 0.05) is 17.7 Å². The summed E-state index contributed by atoms with van der Waals surface area (Å²) < 4.78 is 39.6. The predicted molar refractivity (Wildman–Crippen MR) is 178 cm³/mol. The summed E-state index contributed by atoms with van der Waals surface area (Å²) in [5, 5.41) is 135. The van der Waals surface area contributed by atoms with Crippen LogP contribution in [-0.2, 0) is 18.9 Å². The van der Waals surface area contributed by atoms with Gasteiger partial charge in [0.2, 0.25) is 11.7 Å². The number of hydrogen-bond donors (Lipinski definition) is 13. The molecule has 21 heteroatoms. The predicted octanol–water partition coefficient (Wildman–Crippen LogP) is -4.60. The Balaban J connectivity index is 1.51. The molecule has 2 aromatic carbocycles. The molecule has 0 radical (unpaired) electrons. The SMILES string of the molecule is COc1cc(-c2oc3cc(O[C@@H]4O[C@H](CO)[C@@H](O)[C@H](O)[C@H]4O)cc(O)c3c(=O)c2[C@H]2O[C@@H](CO)[C@@H](O)[C@@H](O)[C@@H]2O[C@@H]2O[C@H](CO)[C@@H](O)[C@H](O)[C@H]2O)ccc1O. The van der Waals surface area contributed by atoms with Crippen molar-refractivity contribution >= 4 is 11.0 Å².